The molecule has 3 heteroatoms. The van der Waals surface area contributed by atoms with Crippen LogP contribution in [0, 0.1) is 0 Å². The summed E-state index contributed by atoms with van der Waals surface area (Å²) < 4.78 is 5.54. The number of hydrogen-bond donors (Lipinski definition) is 1. The molecule has 0 bridgehead atoms. The number of nitrogens with two attached hydrogens (primary N) is 1. The zero-order valence-corrected chi connectivity index (χ0v) is 8.05. The molecule has 0 spiro atoms. The summed E-state index contributed by atoms with van der Waals surface area (Å²) in [7, 11) is 0. The molecule has 1 aliphatic heterocycles. The average Bonchev–Trinajstić information content (AvgIpc) is 2.30. The van der Waals surface area contributed by atoms with Crippen molar-refractivity contribution in [2.75, 3.05) is 6.61 Å². The molecule has 1 aromatic rings. The second kappa shape index (κ2) is 3.56. The lowest BCUT2D eigenvalue weighted by Gasteiger charge is -2.12. The van der Waals surface area contributed by atoms with Gasteiger partial charge in [0.2, 0.25) is 0 Å². The van der Waals surface area contributed by atoms with Crippen molar-refractivity contribution in [2.45, 2.75) is 18.9 Å². The number of rotatable bonds is 0. The molecule has 0 amide bonds. The molecule has 0 radical (unpaired) electrons. The third-order valence-corrected chi connectivity index (χ3v) is 2.60. The van der Waals surface area contributed by atoms with Gasteiger partial charge in [-0.15, -0.1) is 0 Å². The molecule has 1 heterocycles. The molecule has 1 atom stereocenters. The van der Waals surface area contributed by atoms with Crippen molar-refractivity contribution in [3.05, 3.63) is 28.8 Å². The van der Waals surface area contributed by atoms with Crippen molar-refractivity contribution in [2.24, 2.45) is 5.73 Å². The average molecular weight is 198 g/mol. The fraction of sp³-hybridized carbons (Fsp3) is 0.400. The van der Waals surface area contributed by atoms with E-state index in [2.05, 4.69) is 0 Å². The first kappa shape index (κ1) is 8.85. The molecule has 1 aliphatic rings. The van der Waals surface area contributed by atoms with Crippen LogP contribution in [0.2, 0.25) is 5.02 Å². The number of benzene rings is 1. The third-order valence-electron chi connectivity index (χ3n) is 2.30. The van der Waals surface area contributed by atoms with Gasteiger partial charge in [0.25, 0.3) is 0 Å². The Morgan fingerprint density at radius 2 is 2.31 bits per heavy atom. The lowest BCUT2D eigenvalue weighted by Crippen LogP contribution is -2.08. The molecule has 13 heavy (non-hydrogen) atoms. The quantitative estimate of drug-likeness (QED) is 0.694. The molecule has 0 saturated carbocycles. The number of para-hydroxylation sites is 1. The minimum atomic E-state index is 0.0659. The predicted octanol–water partition coefficient (Wildman–Crippen LogP) is 2.51. The molecule has 2 nitrogen and oxygen atoms in total. The Bertz CT molecular complexity index is 314. The van der Waals surface area contributed by atoms with Gasteiger partial charge in [-0.25, -0.2) is 0 Å². The van der Waals surface area contributed by atoms with Crippen molar-refractivity contribution in [1.29, 1.82) is 0 Å². The van der Waals surface area contributed by atoms with Gasteiger partial charge in [0, 0.05) is 11.6 Å². The van der Waals surface area contributed by atoms with Gasteiger partial charge in [-0.2, -0.15) is 0 Å². The van der Waals surface area contributed by atoms with Gasteiger partial charge >= 0.3 is 0 Å². The van der Waals surface area contributed by atoms with Crippen molar-refractivity contribution < 1.29 is 4.74 Å². The van der Waals surface area contributed by atoms with Gasteiger partial charge in [-0.05, 0) is 18.9 Å². The highest BCUT2D eigenvalue weighted by Gasteiger charge is 2.17. The molecule has 2 rings (SSSR count). The first-order chi connectivity index (χ1) is 6.29. The van der Waals surface area contributed by atoms with Crippen LogP contribution in [0.25, 0.3) is 0 Å². The highest BCUT2D eigenvalue weighted by atomic mass is 35.5. The van der Waals surface area contributed by atoms with Gasteiger partial charge in [-0.3, -0.25) is 0 Å². The maximum atomic E-state index is 6.00. The monoisotopic (exact) mass is 197 g/mol. The number of halogens is 1. The van der Waals surface area contributed by atoms with E-state index in [-0.39, 0.29) is 6.04 Å². The summed E-state index contributed by atoms with van der Waals surface area (Å²) in [6, 6.07) is 5.79. The van der Waals surface area contributed by atoms with Crippen molar-refractivity contribution in [1.82, 2.24) is 0 Å². The van der Waals surface area contributed by atoms with E-state index in [0.29, 0.717) is 11.6 Å². The third kappa shape index (κ3) is 1.64. The highest BCUT2D eigenvalue weighted by molar-refractivity contribution is 6.32. The van der Waals surface area contributed by atoms with Crippen LogP contribution in [-0.4, -0.2) is 6.61 Å². The summed E-state index contributed by atoms with van der Waals surface area (Å²) in [5.74, 6) is 0.772. The van der Waals surface area contributed by atoms with Crippen LogP contribution in [0.5, 0.6) is 5.75 Å². The smallest absolute Gasteiger partial charge is 0.142 e. The maximum Gasteiger partial charge on any atom is 0.142 e. The Hall–Kier alpha value is -0.730. The molecular formula is C10H12ClNO. The summed E-state index contributed by atoms with van der Waals surface area (Å²) in [5.41, 5.74) is 7.01. The minimum Gasteiger partial charge on any atom is -0.492 e. The predicted molar refractivity (Wildman–Crippen MR) is 53.1 cm³/mol. The summed E-state index contributed by atoms with van der Waals surface area (Å²) in [6.45, 7) is 0.713. The first-order valence-electron chi connectivity index (χ1n) is 4.46. The second-order valence-electron chi connectivity index (χ2n) is 3.26. The summed E-state index contributed by atoms with van der Waals surface area (Å²) in [4.78, 5) is 0. The lowest BCUT2D eigenvalue weighted by atomic mass is 10.0. The van der Waals surface area contributed by atoms with Crippen LogP contribution in [0.1, 0.15) is 24.4 Å². The fourth-order valence-electron chi connectivity index (χ4n) is 1.60. The molecule has 0 aromatic heterocycles. The molecule has 0 fully saturated rings. The SMILES string of the molecule is NC1CCCOc2c(Cl)cccc21. The number of hydrogen-bond acceptors (Lipinski definition) is 2. The van der Waals surface area contributed by atoms with Crippen LogP contribution >= 0.6 is 11.6 Å². The summed E-state index contributed by atoms with van der Waals surface area (Å²) >= 11 is 6.00. The second-order valence-corrected chi connectivity index (χ2v) is 3.66. The van der Waals surface area contributed by atoms with Crippen LogP contribution in [0.15, 0.2) is 18.2 Å². The van der Waals surface area contributed by atoms with Crippen molar-refractivity contribution >= 4 is 11.6 Å². The largest absolute Gasteiger partial charge is 0.492 e. The fourth-order valence-corrected chi connectivity index (χ4v) is 1.84. The molecule has 0 aliphatic carbocycles. The number of ether oxygens (including phenoxy) is 1. The van der Waals surface area contributed by atoms with E-state index in [1.165, 1.54) is 0 Å². The lowest BCUT2D eigenvalue weighted by molar-refractivity contribution is 0.316. The van der Waals surface area contributed by atoms with E-state index in [9.17, 15) is 0 Å². The first-order valence-corrected chi connectivity index (χ1v) is 4.83. The van der Waals surface area contributed by atoms with Crippen LogP contribution in [-0.2, 0) is 0 Å². The van der Waals surface area contributed by atoms with Crippen LogP contribution in [0.4, 0.5) is 0 Å². The van der Waals surface area contributed by atoms with E-state index in [4.69, 9.17) is 22.1 Å². The zero-order chi connectivity index (χ0) is 9.26. The number of fused-ring (bicyclic) bond motifs is 1. The Morgan fingerprint density at radius 1 is 1.46 bits per heavy atom. The van der Waals surface area contributed by atoms with Crippen molar-refractivity contribution in [3.63, 3.8) is 0 Å². The molecule has 2 N–H and O–H groups in total. The highest BCUT2D eigenvalue weighted by Crippen LogP contribution is 2.35. The summed E-state index contributed by atoms with van der Waals surface area (Å²) in [6.07, 6.45) is 1.96. The molecular weight excluding hydrogens is 186 g/mol. The van der Waals surface area contributed by atoms with Gasteiger partial charge < -0.3 is 10.5 Å². The van der Waals surface area contributed by atoms with Gasteiger partial charge in [0.05, 0.1) is 11.6 Å². The summed E-state index contributed by atoms with van der Waals surface area (Å²) in [5, 5.41) is 0.662. The van der Waals surface area contributed by atoms with E-state index < -0.39 is 0 Å². The van der Waals surface area contributed by atoms with E-state index in [1.807, 2.05) is 18.2 Å². The standard InChI is InChI=1S/C10H12ClNO/c11-8-4-1-3-7-9(12)5-2-6-13-10(7)8/h1,3-4,9H,2,5-6,12H2. The molecule has 1 unspecified atom stereocenters. The van der Waals surface area contributed by atoms with Gasteiger partial charge in [-0.1, -0.05) is 23.7 Å². The van der Waals surface area contributed by atoms with Crippen LogP contribution < -0.4 is 10.5 Å². The topological polar surface area (TPSA) is 35.2 Å². The Morgan fingerprint density at radius 3 is 3.15 bits per heavy atom. The Kier molecular flexibility index (Phi) is 2.42. The normalized spacial score (nSPS) is 21.5. The Labute approximate surface area is 82.6 Å². The van der Waals surface area contributed by atoms with E-state index in [0.717, 1.165) is 24.2 Å². The zero-order valence-electron chi connectivity index (χ0n) is 7.29. The molecule has 70 valence electrons. The maximum absolute atomic E-state index is 6.00. The van der Waals surface area contributed by atoms with E-state index in [1.54, 1.807) is 0 Å². The van der Waals surface area contributed by atoms with E-state index >= 15 is 0 Å². The van der Waals surface area contributed by atoms with Gasteiger partial charge in [0.15, 0.2) is 0 Å². The molecule has 0 saturated heterocycles. The van der Waals surface area contributed by atoms with Gasteiger partial charge in [0.1, 0.15) is 5.75 Å². The van der Waals surface area contributed by atoms with Crippen molar-refractivity contribution in [3.8, 4) is 5.75 Å². The molecule has 1 aromatic carbocycles. The Balaban J connectivity index is 2.47. The minimum absolute atomic E-state index is 0.0659. The van der Waals surface area contributed by atoms with Crippen LogP contribution in [0.3, 0.4) is 0 Å².